The van der Waals surface area contributed by atoms with Gasteiger partial charge in [-0.3, -0.25) is 4.68 Å². The predicted octanol–water partition coefficient (Wildman–Crippen LogP) is 3.43. The van der Waals surface area contributed by atoms with E-state index in [1.54, 1.807) is 6.92 Å². The van der Waals surface area contributed by atoms with Crippen LogP contribution in [0.1, 0.15) is 42.1 Å². The van der Waals surface area contributed by atoms with E-state index in [0.29, 0.717) is 24.9 Å². The molecule has 0 spiro atoms. The summed E-state index contributed by atoms with van der Waals surface area (Å²) >= 11 is 0. The van der Waals surface area contributed by atoms with Crippen molar-refractivity contribution in [3.05, 3.63) is 23.5 Å². The highest BCUT2D eigenvalue weighted by atomic mass is 19.4. The van der Waals surface area contributed by atoms with Crippen molar-refractivity contribution in [3.8, 4) is 0 Å². The summed E-state index contributed by atoms with van der Waals surface area (Å²) in [5, 5.41) is 9.38. The maximum Gasteiger partial charge on any atom is 0.421 e. The van der Waals surface area contributed by atoms with Crippen LogP contribution in [0, 0.1) is 0 Å². The zero-order valence-electron chi connectivity index (χ0n) is 17.3. The third-order valence-electron chi connectivity index (χ3n) is 4.15. The van der Waals surface area contributed by atoms with Crippen molar-refractivity contribution >= 4 is 17.6 Å². The number of anilines is 3. The van der Waals surface area contributed by atoms with Gasteiger partial charge in [0.1, 0.15) is 22.8 Å². The fourth-order valence-corrected chi connectivity index (χ4v) is 2.78. The van der Waals surface area contributed by atoms with Crippen LogP contribution in [-0.4, -0.2) is 32.9 Å². The number of hydrogen-bond acceptors (Lipinski definition) is 6. The average Bonchev–Trinajstić information content (AvgIpc) is 3.21. The first-order chi connectivity index (χ1) is 13.4. The van der Waals surface area contributed by atoms with Crippen LogP contribution in [0.5, 0.6) is 0 Å². The lowest BCUT2D eigenvalue weighted by Gasteiger charge is -2.19. The van der Waals surface area contributed by atoms with E-state index in [1.165, 1.54) is 6.07 Å². The molecule has 2 aromatic heterocycles. The molecule has 1 aliphatic heterocycles. The van der Waals surface area contributed by atoms with Gasteiger partial charge in [0.15, 0.2) is 0 Å². The Hall–Kier alpha value is -2.36. The van der Waals surface area contributed by atoms with Gasteiger partial charge in [0, 0.05) is 36.5 Å². The number of alkyl halides is 3. The van der Waals surface area contributed by atoms with Crippen LogP contribution in [-0.2, 0) is 23.5 Å². The molecular weight excluding hydrogens is 349 g/mol. The van der Waals surface area contributed by atoms with Crippen LogP contribution in [0.4, 0.5) is 30.8 Å². The lowest BCUT2D eigenvalue weighted by Crippen LogP contribution is -2.20. The first-order valence-corrected chi connectivity index (χ1v) is 8.14. The lowest BCUT2D eigenvalue weighted by atomic mass is 9.99. The van der Waals surface area contributed by atoms with Gasteiger partial charge in [-0.1, -0.05) is 0 Å². The number of halogens is 3. The van der Waals surface area contributed by atoms with Gasteiger partial charge in [-0.25, -0.2) is 4.98 Å². The minimum absolute atomic E-state index is 0.0268. The second kappa shape index (κ2) is 6.75. The van der Waals surface area contributed by atoms with Crippen molar-refractivity contribution in [1.29, 1.82) is 0 Å². The molecule has 7 nitrogen and oxygen atoms in total. The van der Waals surface area contributed by atoms with Crippen molar-refractivity contribution in [2.75, 3.05) is 23.8 Å². The summed E-state index contributed by atoms with van der Waals surface area (Å²) < 4.78 is 69.0. The van der Waals surface area contributed by atoms with Crippen molar-refractivity contribution in [1.82, 2.24) is 19.7 Å². The molecule has 1 aliphatic rings. The number of ether oxygens (including phenoxy) is 1. The molecule has 3 rings (SSSR count). The Morgan fingerprint density at radius 2 is 2.27 bits per heavy atom. The Balaban J connectivity index is 1.99. The lowest BCUT2D eigenvalue weighted by molar-refractivity contribution is -0.137. The summed E-state index contributed by atoms with van der Waals surface area (Å²) in [6, 6.07) is 1.49. The van der Waals surface area contributed by atoms with Gasteiger partial charge in [0.05, 0.1) is 5.69 Å². The number of hydrogen-bond donors (Lipinski definition) is 2. The van der Waals surface area contributed by atoms with E-state index in [9.17, 15) is 13.2 Å². The smallest absolute Gasteiger partial charge is 0.370 e. The van der Waals surface area contributed by atoms with Gasteiger partial charge in [-0.15, -0.1) is 0 Å². The molecule has 0 aromatic carbocycles. The Morgan fingerprint density at radius 1 is 1.46 bits per heavy atom. The second-order valence-electron chi connectivity index (χ2n) is 6.12. The molecule has 0 amide bonds. The zero-order valence-corrected chi connectivity index (χ0v) is 14.3. The Labute approximate surface area is 153 Å². The molecule has 1 atom stereocenters. The SMILES string of the molecule is [2H]C([2H])([2H])n1nc([C@@]2(C)CCCO2)cc1Nc1ncc(C(F)(F)F)c(NCC)n1. The van der Waals surface area contributed by atoms with Gasteiger partial charge in [0.2, 0.25) is 5.95 Å². The fourth-order valence-electron chi connectivity index (χ4n) is 2.78. The molecular formula is C16H21F3N6O. The van der Waals surface area contributed by atoms with Crippen LogP contribution in [0.15, 0.2) is 12.3 Å². The molecule has 26 heavy (non-hydrogen) atoms. The Bertz CT molecular complexity index is 878. The molecule has 0 unspecified atom stereocenters. The molecule has 2 N–H and O–H groups in total. The van der Waals surface area contributed by atoms with Gasteiger partial charge in [0.25, 0.3) is 0 Å². The number of aryl methyl sites for hydroxylation is 1. The van der Waals surface area contributed by atoms with Gasteiger partial charge < -0.3 is 15.4 Å². The fraction of sp³-hybridized carbons (Fsp3) is 0.562. The molecule has 2 aromatic rings. The van der Waals surface area contributed by atoms with Crippen LogP contribution in [0.25, 0.3) is 0 Å². The molecule has 142 valence electrons. The van der Waals surface area contributed by atoms with E-state index >= 15 is 0 Å². The van der Waals surface area contributed by atoms with E-state index in [1.807, 2.05) is 6.92 Å². The van der Waals surface area contributed by atoms with Gasteiger partial charge in [-0.05, 0) is 26.7 Å². The maximum absolute atomic E-state index is 13.1. The molecule has 1 fully saturated rings. The first kappa shape index (κ1) is 14.8. The van der Waals surface area contributed by atoms with E-state index in [0.717, 1.165) is 11.1 Å². The van der Waals surface area contributed by atoms with E-state index < -0.39 is 30.1 Å². The van der Waals surface area contributed by atoms with Gasteiger partial charge >= 0.3 is 6.18 Å². The van der Waals surface area contributed by atoms with E-state index in [-0.39, 0.29) is 18.3 Å². The summed E-state index contributed by atoms with van der Waals surface area (Å²) in [5.41, 5.74) is -1.34. The third-order valence-corrected chi connectivity index (χ3v) is 4.15. The van der Waals surface area contributed by atoms with Crippen LogP contribution >= 0.6 is 0 Å². The standard InChI is InChI=1S/C16H21F3N6O/c1-4-20-13-10(16(17,18)19)9-21-14(23-13)22-12-8-11(24-25(12)3)15(2)6-5-7-26-15/h8-9H,4-7H2,1-3H3,(H2,20,21,22,23)/t15-/m1/s1/i3D3. The molecule has 10 heteroatoms. The maximum atomic E-state index is 13.1. The number of aromatic nitrogens is 4. The van der Waals surface area contributed by atoms with Crippen molar-refractivity contribution in [2.24, 2.45) is 6.98 Å². The highest BCUT2D eigenvalue weighted by Gasteiger charge is 2.36. The topological polar surface area (TPSA) is 76.9 Å². The predicted molar refractivity (Wildman–Crippen MR) is 90.2 cm³/mol. The van der Waals surface area contributed by atoms with E-state index in [4.69, 9.17) is 8.85 Å². The molecule has 0 bridgehead atoms. The number of nitrogens with zero attached hydrogens (tertiary/aromatic N) is 4. The Kier molecular flexibility index (Phi) is 3.83. The quantitative estimate of drug-likeness (QED) is 0.836. The molecule has 0 saturated carbocycles. The second-order valence-corrected chi connectivity index (χ2v) is 6.12. The van der Waals surface area contributed by atoms with Crippen LogP contribution < -0.4 is 10.6 Å². The highest BCUT2D eigenvalue weighted by molar-refractivity contribution is 5.54. The Morgan fingerprint density at radius 3 is 2.88 bits per heavy atom. The van der Waals surface area contributed by atoms with Crippen LogP contribution in [0.2, 0.25) is 0 Å². The van der Waals surface area contributed by atoms with Crippen molar-refractivity contribution < 1.29 is 22.0 Å². The first-order valence-electron chi connectivity index (χ1n) is 9.64. The normalized spacial score (nSPS) is 22.6. The average molecular weight is 373 g/mol. The minimum atomic E-state index is -4.63. The highest BCUT2D eigenvalue weighted by Crippen LogP contribution is 2.36. The number of nitrogens with one attached hydrogen (secondary N) is 2. The van der Waals surface area contributed by atoms with Crippen LogP contribution in [0.3, 0.4) is 0 Å². The van der Waals surface area contributed by atoms with Crippen molar-refractivity contribution in [3.63, 3.8) is 0 Å². The molecule has 3 heterocycles. The molecule has 0 radical (unpaired) electrons. The number of rotatable bonds is 5. The summed E-state index contributed by atoms with van der Waals surface area (Å²) in [7, 11) is 0. The molecule has 0 aliphatic carbocycles. The van der Waals surface area contributed by atoms with Gasteiger partial charge in [-0.2, -0.15) is 23.3 Å². The molecule has 1 saturated heterocycles. The van der Waals surface area contributed by atoms with Crippen molar-refractivity contribution in [2.45, 2.75) is 38.5 Å². The largest absolute Gasteiger partial charge is 0.421 e. The summed E-state index contributed by atoms with van der Waals surface area (Å²) in [6.45, 7) is 1.58. The summed E-state index contributed by atoms with van der Waals surface area (Å²) in [4.78, 5) is 7.55. The monoisotopic (exact) mass is 373 g/mol. The minimum Gasteiger partial charge on any atom is -0.370 e. The zero-order chi connectivity index (χ0) is 21.4. The van der Waals surface area contributed by atoms with E-state index in [2.05, 4.69) is 25.7 Å². The third kappa shape index (κ3) is 3.59. The summed E-state index contributed by atoms with van der Waals surface area (Å²) in [5.74, 6) is -0.564. The summed E-state index contributed by atoms with van der Waals surface area (Å²) in [6.07, 6.45) is -2.50.